The first-order chi connectivity index (χ1) is 11.4. The van der Waals surface area contributed by atoms with Gasteiger partial charge in [-0.2, -0.15) is 0 Å². The summed E-state index contributed by atoms with van der Waals surface area (Å²) in [5.74, 6) is 0.515. The van der Waals surface area contributed by atoms with Gasteiger partial charge in [0.2, 0.25) is 0 Å². The Hall–Kier alpha value is -1.54. The molecule has 1 unspecified atom stereocenters. The monoisotopic (exact) mass is 350 g/mol. The van der Waals surface area contributed by atoms with Crippen molar-refractivity contribution in [2.45, 2.75) is 52.9 Å². The van der Waals surface area contributed by atoms with E-state index in [0.29, 0.717) is 18.3 Å². The van der Waals surface area contributed by atoms with Crippen LogP contribution in [0.1, 0.15) is 52.9 Å². The fourth-order valence-corrected chi connectivity index (χ4v) is 2.96. The lowest BCUT2D eigenvalue weighted by Gasteiger charge is -2.17. The maximum Gasteiger partial charge on any atom is 0.303 e. The van der Waals surface area contributed by atoms with Gasteiger partial charge >= 0.3 is 5.97 Å². The molecule has 1 fully saturated rings. The van der Waals surface area contributed by atoms with Gasteiger partial charge in [0, 0.05) is 11.5 Å². The molecule has 2 nitrogen and oxygen atoms in total. The second-order valence-corrected chi connectivity index (χ2v) is 6.38. The Balaban J connectivity index is 0.000000495. The molecule has 0 heterocycles. The van der Waals surface area contributed by atoms with Gasteiger partial charge in [-0.05, 0) is 61.7 Å². The van der Waals surface area contributed by atoms with Gasteiger partial charge < -0.3 is 5.11 Å². The fourth-order valence-electron chi connectivity index (χ4n) is 2.74. The summed E-state index contributed by atoms with van der Waals surface area (Å²) in [6.07, 6.45) is 14.8. The van der Waals surface area contributed by atoms with Crippen LogP contribution in [0.15, 0.2) is 59.7 Å². The Morgan fingerprint density at radius 1 is 1.46 bits per heavy atom. The molecule has 0 saturated heterocycles. The maximum atomic E-state index is 9.60. The zero-order chi connectivity index (χ0) is 18.5. The van der Waals surface area contributed by atoms with Crippen LogP contribution in [-0.2, 0) is 4.79 Å². The van der Waals surface area contributed by atoms with Crippen LogP contribution in [0.25, 0.3) is 0 Å². The first-order valence-electron chi connectivity index (χ1n) is 8.59. The van der Waals surface area contributed by atoms with Gasteiger partial charge in [-0.1, -0.05) is 49.8 Å². The van der Waals surface area contributed by atoms with Crippen molar-refractivity contribution in [3.63, 3.8) is 0 Å². The van der Waals surface area contributed by atoms with Crippen molar-refractivity contribution in [3.05, 3.63) is 59.7 Å². The summed E-state index contributed by atoms with van der Waals surface area (Å²) in [7, 11) is 0. The number of fused-ring (bicyclic) bond motifs is 1. The number of halogens is 1. The Morgan fingerprint density at radius 2 is 2.08 bits per heavy atom. The van der Waals surface area contributed by atoms with E-state index < -0.39 is 5.97 Å². The van der Waals surface area contributed by atoms with Gasteiger partial charge in [-0.3, -0.25) is 4.79 Å². The molecule has 0 aromatic carbocycles. The number of hydrogen-bond acceptors (Lipinski definition) is 1. The Bertz CT molecular complexity index is 512. The zero-order valence-electron chi connectivity index (χ0n) is 15.2. The Kier molecular flexibility index (Phi) is 12.0. The predicted molar refractivity (Wildman–Crippen MR) is 105 cm³/mol. The standard InChI is InChI=1S/C14H17Cl.C4H8O2.C3H6/c1-3-10(2)13-8-7-11-9-12(15)5-4-6-14(11)13;1-2-3-4(5)6;1-3-2/h3,5-6,9-10,13H,1,4,7-8H2,2H3;2-3H2,1H3,(H,5,6);3H,1H2,2H3/t10?,13-;;/m1../s1. The highest BCUT2D eigenvalue weighted by Crippen LogP contribution is 2.42. The molecule has 2 aliphatic carbocycles. The minimum absolute atomic E-state index is 0.292. The van der Waals surface area contributed by atoms with Crippen molar-refractivity contribution in [3.8, 4) is 0 Å². The second kappa shape index (κ2) is 12.8. The third-order valence-corrected chi connectivity index (χ3v) is 4.19. The van der Waals surface area contributed by atoms with Crippen LogP contribution in [0.5, 0.6) is 0 Å². The maximum absolute atomic E-state index is 9.60. The molecular formula is C21H31ClO2. The van der Waals surface area contributed by atoms with Crippen LogP contribution in [0, 0.1) is 11.8 Å². The third-order valence-electron chi connectivity index (χ3n) is 3.93. The highest BCUT2D eigenvalue weighted by atomic mass is 35.5. The van der Waals surface area contributed by atoms with Crippen molar-refractivity contribution in [1.82, 2.24) is 0 Å². The molecule has 3 heteroatoms. The molecular weight excluding hydrogens is 320 g/mol. The first-order valence-corrected chi connectivity index (χ1v) is 8.96. The van der Waals surface area contributed by atoms with Gasteiger partial charge in [0.25, 0.3) is 0 Å². The van der Waals surface area contributed by atoms with E-state index in [4.69, 9.17) is 16.7 Å². The molecule has 0 spiro atoms. The van der Waals surface area contributed by atoms with Gasteiger partial charge in [-0.25, -0.2) is 0 Å². The average Bonchev–Trinajstić information content (AvgIpc) is 2.81. The number of allylic oxidation sites excluding steroid dienone is 8. The lowest BCUT2D eigenvalue weighted by atomic mass is 9.88. The highest BCUT2D eigenvalue weighted by molar-refractivity contribution is 6.31. The normalized spacial score (nSPS) is 19.5. The smallest absolute Gasteiger partial charge is 0.303 e. The first kappa shape index (κ1) is 22.5. The molecule has 2 atom stereocenters. The Labute approximate surface area is 152 Å². The van der Waals surface area contributed by atoms with E-state index in [1.807, 2.05) is 13.8 Å². The molecule has 1 N–H and O–H groups in total. The number of carbonyl (C=O) groups is 1. The second-order valence-electron chi connectivity index (χ2n) is 5.95. The molecule has 0 amide bonds. The number of hydrogen-bond donors (Lipinski definition) is 1. The molecule has 24 heavy (non-hydrogen) atoms. The van der Waals surface area contributed by atoms with Crippen molar-refractivity contribution in [2.75, 3.05) is 0 Å². The lowest BCUT2D eigenvalue weighted by molar-refractivity contribution is -0.137. The highest BCUT2D eigenvalue weighted by Gasteiger charge is 2.28. The number of rotatable bonds is 4. The summed E-state index contributed by atoms with van der Waals surface area (Å²) in [6.45, 7) is 13.2. The number of carboxylic acid groups (broad SMARTS) is 1. The summed E-state index contributed by atoms with van der Waals surface area (Å²) < 4.78 is 0. The van der Waals surface area contributed by atoms with Crippen LogP contribution in [0.4, 0.5) is 0 Å². The van der Waals surface area contributed by atoms with E-state index in [0.717, 1.165) is 17.9 Å². The van der Waals surface area contributed by atoms with Gasteiger partial charge in [-0.15, -0.1) is 13.2 Å². The molecule has 134 valence electrons. The summed E-state index contributed by atoms with van der Waals surface area (Å²) in [5, 5.41) is 8.81. The fraction of sp³-hybridized carbons (Fsp3) is 0.476. The molecule has 0 bridgehead atoms. The van der Waals surface area contributed by atoms with Crippen molar-refractivity contribution in [2.24, 2.45) is 11.8 Å². The van der Waals surface area contributed by atoms with Crippen molar-refractivity contribution in [1.29, 1.82) is 0 Å². The van der Waals surface area contributed by atoms with Crippen LogP contribution in [0.3, 0.4) is 0 Å². The van der Waals surface area contributed by atoms with Crippen LogP contribution >= 0.6 is 11.6 Å². The summed E-state index contributed by atoms with van der Waals surface area (Å²) in [4.78, 5) is 9.60. The van der Waals surface area contributed by atoms with E-state index in [2.05, 4.69) is 44.4 Å². The molecule has 0 aliphatic heterocycles. The minimum Gasteiger partial charge on any atom is -0.481 e. The molecule has 0 aromatic heterocycles. The van der Waals surface area contributed by atoms with Gasteiger partial charge in [0.05, 0.1) is 0 Å². The SMILES string of the molecule is C=CC.C=CC(C)[C@H]1CCC2=CC(Cl)=CCC=C21.CCCC(=O)O. The van der Waals surface area contributed by atoms with Gasteiger partial charge in [0.1, 0.15) is 0 Å². The lowest BCUT2D eigenvalue weighted by Crippen LogP contribution is -2.07. The van der Waals surface area contributed by atoms with E-state index in [1.165, 1.54) is 24.0 Å². The van der Waals surface area contributed by atoms with Gasteiger partial charge in [0.15, 0.2) is 0 Å². The summed E-state index contributed by atoms with van der Waals surface area (Å²) in [5.41, 5.74) is 2.95. The minimum atomic E-state index is -0.711. The molecule has 2 rings (SSSR count). The van der Waals surface area contributed by atoms with Crippen LogP contribution in [-0.4, -0.2) is 11.1 Å². The van der Waals surface area contributed by atoms with E-state index in [-0.39, 0.29) is 0 Å². The van der Waals surface area contributed by atoms with E-state index in [9.17, 15) is 4.79 Å². The van der Waals surface area contributed by atoms with Crippen LogP contribution in [0.2, 0.25) is 0 Å². The topological polar surface area (TPSA) is 37.3 Å². The van der Waals surface area contributed by atoms with Crippen LogP contribution < -0.4 is 0 Å². The van der Waals surface area contributed by atoms with E-state index in [1.54, 1.807) is 6.08 Å². The Morgan fingerprint density at radius 3 is 2.54 bits per heavy atom. The van der Waals surface area contributed by atoms with E-state index >= 15 is 0 Å². The summed E-state index contributed by atoms with van der Waals surface area (Å²) >= 11 is 6.08. The molecule has 0 aromatic rings. The van der Waals surface area contributed by atoms with Crippen molar-refractivity contribution < 1.29 is 9.90 Å². The quantitative estimate of drug-likeness (QED) is 0.575. The number of aliphatic carboxylic acids is 1. The molecule has 2 aliphatic rings. The largest absolute Gasteiger partial charge is 0.481 e. The average molecular weight is 351 g/mol. The summed E-state index contributed by atoms with van der Waals surface area (Å²) in [6, 6.07) is 0. The zero-order valence-corrected chi connectivity index (χ0v) is 16.0. The molecule has 0 radical (unpaired) electrons. The predicted octanol–water partition coefficient (Wildman–Crippen LogP) is 6.66. The number of carboxylic acids is 1. The molecule has 1 saturated carbocycles. The third kappa shape index (κ3) is 8.35. The van der Waals surface area contributed by atoms with Crippen molar-refractivity contribution >= 4 is 17.6 Å².